The van der Waals surface area contributed by atoms with Crippen LogP contribution in [-0.2, 0) is 6.42 Å². The molecular weight excluding hydrogens is 316 g/mol. The van der Waals surface area contributed by atoms with Gasteiger partial charge in [0.1, 0.15) is 0 Å². The molecule has 0 radical (unpaired) electrons. The van der Waals surface area contributed by atoms with Crippen LogP contribution in [0.3, 0.4) is 0 Å². The first-order valence-corrected chi connectivity index (χ1v) is 7.69. The van der Waals surface area contributed by atoms with Crippen molar-refractivity contribution in [1.29, 1.82) is 0 Å². The fourth-order valence-corrected chi connectivity index (χ4v) is 4.41. The van der Waals surface area contributed by atoms with Crippen LogP contribution >= 0.6 is 38.9 Å². The first-order valence-electron chi connectivity index (χ1n) is 5.64. The summed E-state index contributed by atoms with van der Waals surface area (Å²) in [5.41, 5.74) is 4.16. The molecule has 3 heteroatoms. The number of halogens is 2. The van der Waals surface area contributed by atoms with Crippen LogP contribution in [0.25, 0.3) is 0 Å². The molecule has 1 aromatic heterocycles. The summed E-state index contributed by atoms with van der Waals surface area (Å²) < 4.78 is 1.20. The molecule has 0 amide bonds. The first kappa shape index (κ1) is 11.8. The average molecular weight is 328 g/mol. The van der Waals surface area contributed by atoms with Crippen LogP contribution in [0, 0.1) is 6.92 Å². The zero-order valence-electron chi connectivity index (χ0n) is 9.41. The van der Waals surface area contributed by atoms with Gasteiger partial charge >= 0.3 is 0 Å². The van der Waals surface area contributed by atoms with E-state index in [0.717, 1.165) is 6.42 Å². The molecule has 0 nitrogen and oxygen atoms in total. The minimum Gasteiger partial charge on any atom is -0.131 e. The lowest BCUT2D eigenvalue weighted by Gasteiger charge is -2.33. The lowest BCUT2D eigenvalue weighted by molar-refractivity contribution is 0.592. The van der Waals surface area contributed by atoms with Crippen molar-refractivity contribution in [2.75, 3.05) is 0 Å². The Morgan fingerprint density at radius 3 is 2.82 bits per heavy atom. The van der Waals surface area contributed by atoms with E-state index in [4.69, 9.17) is 11.6 Å². The number of benzene rings is 1. The van der Waals surface area contributed by atoms with E-state index in [9.17, 15) is 0 Å². The molecule has 0 saturated carbocycles. The van der Waals surface area contributed by atoms with Crippen LogP contribution in [0.15, 0.2) is 34.1 Å². The van der Waals surface area contributed by atoms with Crippen LogP contribution < -0.4 is 0 Å². The minimum atomic E-state index is 0.111. The molecule has 0 fully saturated rings. The molecule has 0 spiro atoms. The second-order valence-corrected chi connectivity index (χ2v) is 7.39. The monoisotopic (exact) mass is 326 g/mol. The Kier molecular flexibility index (Phi) is 3.06. The van der Waals surface area contributed by atoms with Gasteiger partial charge in [0, 0.05) is 10.8 Å². The van der Waals surface area contributed by atoms with E-state index in [1.807, 2.05) is 0 Å². The Bertz CT molecular complexity index is 542. The van der Waals surface area contributed by atoms with Gasteiger partial charge in [-0.25, -0.2) is 0 Å². The molecule has 3 rings (SSSR count). The Morgan fingerprint density at radius 2 is 2.18 bits per heavy atom. The lowest BCUT2D eigenvalue weighted by atomic mass is 9.75. The minimum absolute atomic E-state index is 0.111. The largest absolute Gasteiger partial charge is 0.131 e. The zero-order valence-corrected chi connectivity index (χ0v) is 12.6. The fraction of sp³-hybridized carbons (Fsp3) is 0.286. The first-order chi connectivity index (χ1) is 8.16. The van der Waals surface area contributed by atoms with Crippen LogP contribution in [0.4, 0.5) is 0 Å². The van der Waals surface area contributed by atoms with E-state index in [1.54, 1.807) is 11.3 Å². The van der Waals surface area contributed by atoms with Gasteiger partial charge in [-0.1, -0.05) is 24.3 Å². The maximum absolute atomic E-state index is 6.61. The van der Waals surface area contributed by atoms with Gasteiger partial charge in [0.2, 0.25) is 0 Å². The normalized spacial score (nSPS) is 19.6. The van der Waals surface area contributed by atoms with Gasteiger partial charge in [-0.15, -0.1) is 22.9 Å². The highest BCUT2D eigenvalue weighted by atomic mass is 79.9. The standard InChI is InChI=1S/C14H12BrClS/c1-8-6-12(17-14(8)15)13(16)11-7-9-4-2-3-5-10(9)11/h2-6,11,13H,7H2,1H3. The van der Waals surface area contributed by atoms with Crippen LogP contribution in [0.5, 0.6) is 0 Å². The third-order valence-corrected chi connectivity index (χ3v) is 6.28. The third-order valence-electron chi connectivity index (χ3n) is 3.40. The Hall–Kier alpha value is -0.310. The summed E-state index contributed by atoms with van der Waals surface area (Å²) in [5, 5.41) is 0.111. The molecular formula is C14H12BrClS. The summed E-state index contributed by atoms with van der Waals surface area (Å²) in [6, 6.07) is 10.8. The van der Waals surface area contributed by atoms with E-state index in [0.29, 0.717) is 5.92 Å². The van der Waals surface area contributed by atoms with Gasteiger partial charge < -0.3 is 0 Å². The molecule has 1 aliphatic carbocycles. The maximum atomic E-state index is 6.61. The molecule has 2 unspecified atom stereocenters. The van der Waals surface area contributed by atoms with Crippen LogP contribution in [0.1, 0.15) is 32.9 Å². The van der Waals surface area contributed by atoms with E-state index in [1.165, 1.54) is 25.4 Å². The summed E-state index contributed by atoms with van der Waals surface area (Å²) in [6.07, 6.45) is 1.11. The molecule has 0 saturated heterocycles. The van der Waals surface area contributed by atoms with Gasteiger partial charge in [-0.05, 0) is 52.0 Å². The van der Waals surface area contributed by atoms with Gasteiger partial charge in [-0.3, -0.25) is 0 Å². The molecule has 1 aromatic carbocycles. The number of thiophene rings is 1. The van der Waals surface area contributed by atoms with Crippen LogP contribution in [0.2, 0.25) is 0 Å². The molecule has 2 atom stereocenters. The number of hydrogen-bond donors (Lipinski definition) is 0. The smallest absolute Gasteiger partial charge is 0.0750 e. The second kappa shape index (κ2) is 4.42. The number of alkyl halides is 1. The predicted octanol–water partition coefficient (Wildman–Crippen LogP) is 5.44. The third kappa shape index (κ3) is 1.96. The zero-order chi connectivity index (χ0) is 12.0. The van der Waals surface area contributed by atoms with Gasteiger partial charge in [0.25, 0.3) is 0 Å². The Labute approximate surface area is 119 Å². The molecule has 0 bridgehead atoms. The number of rotatable bonds is 2. The number of fused-ring (bicyclic) bond motifs is 1. The fourth-order valence-electron chi connectivity index (χ4n) is 2.38. The molecule has 0 aliphatic heterocycles. The van der Waals surface area contributed by atoms with Gasteiger partial charge in [-0.2, -0.15) is 0 Å². The van der Waals surface area contributed by atoms with Crippen molar-refractivity contribution in [1.82, 2.24) is 0 Å². The highest BCUT2D eigenvalue weighted by Crippen LogP contribution is 2.49. The van der Waals surface area contributed by atoms with Crippen molar-refractivity contribution in [2.45, 2.75) is 24.6 Å². The Balaban J connectivity index is 1.88. The average Bonchev–Trinajstić information content (AvgIpc) is 2.61. The predicted molar refractivity (Wildman–Crippen MR) is 78.2 cm³/mol. The second-order valence-electron chi connectivity index (χ2n) is 4.52. The van der Waals surface area contributed by atoms with Gasteiger partial charge in [0.05, 0.1) is 9.16 Å². The number of hydrogen-bond acceptors (Lipinski definition) is 1. The maximum Gasteiger partial charge on any atom is 0.0750 e. The number of aryl methyl sites for hydroxylation is 1. The van der Waals surface area contributed by atoms with Crippen molar-refractivity contribution < 1.29 is 0 Å². The van der Waals surface area contributed by atoms with Crippen molar-refractivity contribution in [3.63, 3.8) is 0 Å². The molecule has 17 heavy (non-hydrogen) atoms. The quantitative estimate of drug-likeness (QED) is 0.644. The summed E-state index contributed by atoms with van der Waals surface area (Å²) in [7, 11) is 0. The Morgan fingerprint density at radius 1 is 1.41 bits per heavy atom. The molecule has 1 aliphatic rings. The lowest BCUT2D eigenvalue weighted by Crippen LogP contribution is -2.20. The summed E-state index contributed by atoms with van der Waals surface area (Å²) in [5.74, 6) is 0.484. The van der Waals surface area contributed by atoms with Crippen molar-refractivity contribution in [3.05, 3.63) is 55.7 Å². The molecule has 0 N–H and O–H groups in total. The van der Waals surface area contributed by atoms with E-state index < -0.39 is 0 Å². The summed E-state index contributed by atoms with van der Waals surface area (Å²) in [6.45, 7) is 2.11. The highest BCUT2D eigenvalue weighted by Gasteiger charge is 2.33. The summed E-state index contributed by atoms with van der Waals surface area (Å²) in [4.78, 5) is 1.27. The van der Waals surface area contributed by atoms with Crippen molar-refractivity contribution in [2.24, 2.45) is 0 Å². The molecule has 2 aromatic rings. The molecule has 88 valence electrons. The van der Waals surface area contributed by atoms with Crippen molar-refractivity contribution >= 4 is 38.9 Å². The summed E-state index contributed by atoms with van der Waals surface area (Å²) >= 11 is 11.9. The van der Waals surface area contributed by atoms with E-state index in [2.05, 4.69) is 53.2 Å². The van der Waals surface area contributed by atoms with Gasteiger partial charge in [0.15, 0.2) is 0 Å². The van der Waals surface area contributed by atoms with Crippen LogP contribution in [-0.4, -0.2) is 0 Å². The topological polar surface area (TPSA) is 0 Å². The molecule has 1 heterocycles. The SMILES string of the molecule is Cc1cc(C(Cl)C2Cc3ccccc32)sc1Br. The van der Waals surface area contributed by atoms with Crippen molar-refractivity contribution in [3.8, 4) is 0 Å². The highest BCUT2D eigenvalue weighted by molar-refractivity contribution is 9.11. The van der Waals surface area contributed by atoms with E-state index in [-0.39, 0.29) is 5.38 Å². The van der Waals surface area contributed by atoms with E-state index >= 15 is 0 Å².